The summed E-state index contributed by atoms with van der Waals surface area (Å²) in [4.78, 5) is 21.1. The number of alkyl carbamates (subject to hydrolysis) is 1. The highest BCUT2D eigenvalue weighted by Crippen LogP contribution is 2.18. The van der Waals surface area contributed by atoms with Gasteiger partial charge in [-0.2, -0.15) is 0 Å². The molecule has 0 aliphatic heterocycles. The van der Waals surface area contributed by atoms with Crippen LogP contribution in [0.3, 0.4) is 0 Å². The quantitative estimate of drug-likeness (QED) is 0.271. The van der Waals surface area contributed by atoms with Crippen molar-refractivity contribution < 1.29 is 14.4 Å². The van der Waals surface area contributed by atoms with E-state index in [9.17, 15) is 4.79 Å². The van der Waals surface area contributed by atoms with Gasteiger partial charge >= 0.3 is 6.09 Å². The van der Waals surface area contributed by atoms with Crippen LogP contribution in [-0.2, 0) is 27.2 Å². The molecule has 8 heteroatoms. The Morgan fingerprint density at radius 1 is 1.31 bits per heavy atom. The molecule has 1 amide bonds. The van der Waals surface area contributed by atoms with Crippen LogP contribution in [0.25, 0.3) is 0 Å². The van der Waals surface area contributed by atoms with Crippen LogP contribution in [-0.4, -0.2) is 23.9 Å². The zero-order valence-electron chi connectivity index (χ0n) is 14.5. The summed E-state index contributed by atoms with van der Waals surface area (Å²) in [6.07, 6.45) is -0.513. The Labute approximate surface area is 171 Å². The number of oxime groups is 1. The van der Waals surface area contributed by atoms with Crippen molar-refractivity contribution in [3.63, 3.8) is 0 Å². The molecule has 1 aromatic heterocycles. The number of halogens is 2. The zero-order valence-corrected chi connectivity index (χ0v) is 17.4. The molecular weight excluding hydrogens is 469 g/mol. The lowest BCUT2D eigenvalue weighted by atomic mass is 10.1. The number of methoxy groups -OCH3 is 1. The maximum Gasteiger partial charge on any atom is 0.407 e. The molecule has 0 saturated heterocycles. The number of carbonyl (C=O) groups is 1. The van der Waals surface area contributed by atoms with Crippen LogP contribution in [0.4, 0.5) is 4.79 Å². The first-order chi connectivity index (χ1) is 12.5. The van der Waals surface area contributed by atoms with E-state index in [1.54, 1.807) is 6.07 Å². The Morgan fingerprint density at radius 2 is 2.08 bits per heavy atom. The number of pyridine rings is 1. The van der Waals surface area contributed by atoms with Crippen molar-refractivity contribution in [1.82, 2.24) is 10.3 Å². The standard InChI is InChI=1S/C18H19ClIN3O3/c1-12(23-26-11-16-5-3-4-15(9-20)22-16)13-6-7-17(19)14(8-13)10-21-18(24)25-2/h3-8H,9-11H2,1-2H3,(H,21,24)/b23-12+. The minimum atomic E-state index is -0.513. The SMILES string of the molecule is COC(=O)NCc1cc(/C(C)=N/OCc2cccc(CI)n2)ccc1Cl. The van der Waals surface area contributed by atoms with Crippen LogP contribution in [0.15, 0.2) is 41.6 Å². The Balaban J connectivity index is 2.02. The molecule has 1 N–H and O–H groups in total. The summed E-state index contributed by atoms with van der Waals surface area (Å²) >= 11 is 8.44. The molecule has 0 aliphatic carbocycles. The van der Waals surface area contributed by atoms with Gasteiger partial charge in [0.25, 0.3) is 0 Å². The summed E-state index contributed by atoms with van der Waals surface area (Å²) in [5.41, 5.74) is 4.15. The molecule has 0 fully saturated rings. The Kier molecular flexibility index (Phi) is 8.11. The summed E-state index contributed by atoms with van der Waals surface area (Å²) in [5, 5.41) is 7.31. The molecular formula is C18H19ClIN3O3. The second kappa shape index (κ2) is 10.3. The third-order valence-corrected chi connectivity index (χ3v) is 4.64. The minimum Gasteiger partial charge on any atom is -0.453 e. The van der Waals surface area contributed by atoms with Gasteiger partial charge in [0.2, 0.25) is 0 Å². The van der Waals surface area contributed by atoms with Crippen molar-refractivity contribution in [3.05, 3.63) is 63.9 Å². The number of nitrogens with zero attached hydrogens (tertiary/aromatic N) is 2. The molecule has 6 nitrogen and oxygen atoms in total. The monoisotopic (exact) mass is 487 g/mol. The van der Waals surface area contributed by atoms with Crippen molar-refractivity contribution in [2.75, 3.05) is 7.11 Å². The van der Waals surface area contributed by atoms with E-state index in [0.717, 1.165) is 26.9 Å². The topological polar surface area (TPSA) is 72.8 Å². The number of hydrogen-bond donors (Lipinski definition) is 1. The summed E-state index contributed by atoms with van der Waals surface area (Å²) in [5.74, 6) is 0. The largest absolute Gasteiger partial charge is 0.453 e. The summed E-state index contributed by atoms with van der Waals surface area (Å²) in [6.45, 7) is 2.40. The number of aromatic nitrogens is 1. The molecule has 1 aromatic carbocycles. The second-order valence-electron chi connectivity index (χ2n) is 5.36. The Morgan fingerprint density at radius 3 is 2.81 bits per heavy atom. The molecule has 0 spiro atoms. The van der Waals surface area contributed by atoms with Gasteiger partial charge < -0.3 is 14.9 Å². The number of hydrogen-bond acceptors (Lipinski definition) is 5. The van der Waals surface area contributed by atoms with Gasteiger partial charge in [0, 0.05) is 16.0 Å². The van der Waals surface area contributed by atoms with Crippen LogP contribution >= 0.6 is 34.2 Å². The molecule has 2 rings (SSSR count). The summed E-state index contributed by atoms with van der Waals surface area (Å²) in [7, 11) is 1.31. The average molecular weight is 488 g/mol. The molecule has 2 aromatic rings. The van der Waals surface area contributed by atoms with Crippen molar-refractivity contribution >= 4 is 46.0 Å². The van der Waals surface area contributed by atoms with Crippen LogP contribution < -0.4 is 5.32 Å². The van der Waals surface area contributed by atoms with Crippen molar-refractivity contribution in [1.29, 1.82) is 0 Å². The molecule has 0 unspecified atom stereocenters. The first kappa shape index (κ1) is 20.4. The van der Waals surface area contributed by atoms with E-state index in [4.69, 9.17) is 16.4 Å². The number of amides is 1. The van der Waals surface area contributed by atoms with E-state index in [1.165, 1.54) is 7.11 Å². The second-order valence-corrected chi connectivity index (χ2v) is 6.53. The van der Waals surface area contributed by atoms with Crippen LogP contribution in [0.2, 0.25) is 5.02 Å². The number of alkyl halides is 1. The van der Waals surface area contributed by atoms with E-state index in [2.05, 4.69) is 42.8 Å². The number of ether oxygens (including phenoxy) is 1. The maximum atomic E-state index is 11.2. The number of benzene rings is 1. The van der Waals surface area contributed by atoms with Gasteiger partial charge in [-0.1, -0.05) is 51.5 Å². The van der Waals surface area contributed by atoms with E-state index in [0.29, 0.717) is 17.3 Å². The van der Waals surface area contributed by atoms with Crippen molar-refractivity contribution in [3.8, 4) is 0 Å². The molecule has 1 heterocycles. The van der Waals surface area contributed by atoms with Crippen LogP contribution in [0.5, 0.6) is 0 Å². The van der Waals surface area contributed by atoms with Gasteiger partial charge in [-0.3, -0.25) is 4.98 Å². The highest BCUT2D eigenvalue weighted by molar-refractivity contribution is 14.1. The zero-order chi connectivity index (χ0) is 18.9. The van der Waals surface area contributed by atoms with Crippen molar-refractivity contribution in [2.45, 2.75) is 24.5 Å². The fraction of sp³-hybridized carbons (Fsp3) is 0.278. The average Bonchev–Trinajstić information content (AvgIpc) is 2.67. The third kappa shape index (κ3) is 6.14. The van der Waals surface area contributed by atoms with Crippen LogP contribution in [0, 0.1) is 0 Å². The lowest BCUT2D eigenvalue weighted by Gasteiger charge is -2.09. The number of rotatable bonds is 7. The highest BCUT2D eigenvalue weighted by Gasteiger charge is 2.07. The van der Waals surface area contributed by atoms with Gasteiger partial charge in [-0.15, -0.1) is 0 Å². The predicted molar refractivity (Wildman–Crippen MR) is 110 cm³/mol. The molecule has 0 bridgehead atoms. The molecule has 0 atom stereocenters. The van der Waals surface area contributed by atoms with Gasteiger partial charge in [0.15, 0.2) is 6.61 Å². The van der Waals surface area contributed by atoms with Gasteiger partial charge in [-0.05, 0) is 42.3 Å². The molecule has 0 radical (unpaired) electrons. The van der Waals surface area contributed by atoms with E-state index in [-0.39, 0.29) is 6.54 Å². The molecule has 0 aliphatic rings. The summed E-state index contributed by atoms with van der Waals surface area (Å²) < 4.78 is 5.41. The van der Waals surface area contributed by atoms with Crippen molar-refractivity contribution in [2.24, 2.45) is 5.16 Å². The number of nitrogens with one attached hydrogen (secondary N) is 1. The van der Waals surface area contributed by atoms with E-state index in [1.807, 2.05) is 37.3 Å². The minimum absolute atomic E-state index is 0.264. The molecule has 0 saturated carbocycles. The Hall–Kier alpha value is -1.87. The third-order valence-electron chi connectivity index (χ3n) is 3.49. The summed E-state index contributed by atoms with van der Waals surface area (Å²) in [6, 6.07) is 11.3. The van der Waals surface area contributed by atoms with E-state index >= 15 is 0 Å². The van der Waals surface area contributed by atoms with Gasteiger partial charge in [-0.25, -0.2) is 4.79 Å². The first-order valence-corrected chi connectivity index (χ1v) is 9.71. The molecule has 138 valence electrons. The first-order valence-electron chi connectivity index (χ1n) is 7.81. The maximum absolute atomic E-state index is 11.2. The van der Waals surface area contributed by atoms with E-state index < -0.39 is 6.09 Å². The molecule has 26 heavy (non-hydrogen) atoms. The fourth-order valence-electron chi connectivity index (χ4n) is 2.11. The normalized spacial score (nSPS) is 11.2. The smallest absolute Gasteiger partial charge is 0.407 e. The highest BCUT2D eigenvalue weighted by atomic mass is 127. The van der Waals surface area contributed by atoms with Gasteiger partial charge in [0.1, 0.15) is 0 Å². The fourth-order valence-corrected chi connectivity index (χ4v) is 2.72. The van der Waals surface area contributed by atoms with Crippen LogP contribution in [0.1, 0.15) is 29.4 Å². The lowest BCUT2D eigenvalue weighted by molar-refractivity contribution is 0.127. The van der Waals surface area contributed by atoms with Gasteiger partial charge in [0.05, 0.1) is 24.2 Å². The lowest BCUT2D eigenvalue weighted by Crippen LogP contribution is -2.22. The predicted octanol–water partition coefficient (Wildman–Crippen LogP) is 4.47. The Bertz CT molecular complexity index is 799. The number of carbonyl (C=O) groups excluding carboxylic acids is 1.